The Hall–Kier alpha value is -1.95. The van der Waals surface area contributed by atoms with Crippen molar-refractivity contribution in [2.75, 3.05) is 26.8 Å². The zero-order valence-electron chi connectivity index (χ0n) is 17.4. The van der Waals surface area contributed by atoms with Crippen LogP contribution in [0.2, 0.25) is 5.04 Å². The van der Waals surface area contributed by atoms with E-state index in [0.717, 1.165) is 0 Å². The van der Waals surface area contributed by atoms with Crippen LogP contribution in [-0.4, -0.2) is 52.0 Å². The number of ether oxygens (including phenoxy) is 1. The average Bonchev–Trinajstić information content (AvgIpc) is 3.04. The van der Waals surface area contributed by atoms with Gasteiger partial charge >= 0.3 is 0 Å². The van der Waals surface area contributed by atoms with E-state index in [1.807, 2.05) is 17.0 Å². The number of benzene rings is 2. The first kappa shape index (κ1) is 20.8. The van der Waals surface area contributed by atoms with Crippen molar-refractivity contribution in [2.24, 2.45) is 0 Å². The second kappa shape index (κ2) is 8.60. The fourth-order valence-corrected chi connectivity index (χ4v) is 8.85. The molecule has 0 N–H and O–H groups in total. The first-order valence-electron chi connectivity index (χ1n) is 9.94. The van der Waals surface area contributed by atoms with E-state index in [1.54, 1.807) is 7.11 Å². The summed E-state index contributed by atoms with van der Waals surface area (Å²) in [5.41, 5.74) is 0. The van der Waals surface area contributed by atoms with Crippen LogP contribution >= 0.6 is 0 Å². The van der Waals surface area contributed by atoms with E-state index in [1.165, 1.54) is 10.4 Å². The van der Waals surface area contributed by atoms with Crippen LogP contribution in [0.15, 0.2) is 60.7 Å². The molecule has 2 aromatic carbocycles. The SMILES string of the molecule is COCCN1C[C@@H](O[Si](c2ccccc2)(c2ccccc2)C(C)(C)C)CC1=O. The van der Waals surface area contributed by atoms with Crippen molar-refractivity contribution in [3.63, 3.8) is 0 Å². The Morgan fingerprint density at radius 2 is 1.54 bits per heavy atom. The summed E-state index contributed by atoms with van der Waals surface area (Å²) in [6, 6.07) is 21.2. The van der Waals surface area contributed by atoms with Gasteiger partial charge in [-0.1, -0.05) is 81.4 Å². The molecule has 0 unspecified atom stereocenters. The summed E-state index contributed by atoms with van der Waals surface area (Å²) in [7, 11) is -0.951. The van der Waals surface area contributed by atoms with Crippen molar-refractivity contribution in [1.82, 2.24) is 4.90 Å². The Morgan fingerprint density at radius 3 is 2.00 bits per heavy atom. The highest BCUT2D eigenvalue weighted by atomic mass is 28.4. The van der Waals surface area contributed by atoms with Gasteiger partial charge in [-0.25, -0.2) is 0 Å². The predicted octanol–water partition coefficient (Wildman–Crippen LogP) is 2.81. The molecule has 3 rings (SSSR count). The predicted molar refractivity (Wildman–Crippen MR) is 116 cm³/mol. The van der Waals surface area contributed by atoms with E-state index < -0.39 is 8.32 Å². The van der Waals surface area contributed by atoms with Gasteiger partial charge in [-0.3, -0.25) is 4.79 Å². The Bertz CT molecular complexity index is 734. The van der Waals surface area contributed by atoms with Gasteiger partial charge in [0.2, 0.25) is 5.91 Å². The van der Waals surface area contributed by atoms with E-state index in [0.29, 0.717) is 26.1 Å². The number of hydrogen-bond donors (Lipinski definition) is 0. The standard InChI is InChI=1S/C23H31NO3Si/c1-23(2,3)28(20-11-7-5-8-12-20,21-13-9-6-10-14-21)27-19-17-22(25)24(18-19)15-16-26-4/h5-14,19H,15-18H2,1-4H3/t19-/m0/s1. The monoisotopic (exact) mass is 397 g/mol. The minimum atomic E-state index is -2.61. The molecule has 28 heavy (non-hydrogen) atoms. The van der Waals surface area contributed by atoms with Crippen LogP contribution in [0.5, 0.6) is 0 Å². The lowest BCUT2D eigenvalue weighted by atomic mass is 10.2. The lowest BCUT2D eigenvalue weighted by molar-refractivity contribution is -0.128. The highest BCUT2D eigenvalue weighted by Crippen LogP contribution is 2.38. The highest BCUT2D eigenvalue weighted by molar-refractivity contribution is 6.99. The molecule has 1 amide bonds. The first-order chi connectivity index (χ1) is 13.4. The molecule has 0 radical (unpaired) electrons. The van der Waals surface area contributed by atoms with Crippen molar-refractivity contribution in [3.8, 4) is 0 Å². The zero-order valence-corrected chi connectivity index (χ0v) is 18.4. The van der Waals surface area contributed by atoms with Gasteiger partial charge in [0.1, 0.15) is 0 Å². The van der Waals surface area contributed by atoms with Gasteiger partial charge in [0.05, 0.1) is 19.1 Å². The second-order valence-electron chi connectivity index (χ2n) is 8.44. The summed E-state index contributed by atoms with van der Waals surface area (Å²) in [6.07, 6.45) is 0.337. The molecule has 150 valence electrons. The van der Waals surface area contributed by atoms with Gasteiger partial charge < -0.3 is 14.1 Å². The summed E-state index contributed by atoms with van der Waals surface area (Å²) < 4.78 is 12.2. The van der Waals surface area contributed by atoms with E-state index in [4.69, 9.17) is 9.16 Å². The number of carbonyl (C=O) groups is 1. The Kier molecular flexibility index (Phi) is 6.38. The number of carbonyl (C=O) groups excluding carboxylic acids is 1. The average molecular weight is 398 g/mol. The van der Waals surface area contributed by atoms with Gasteiger partial charge in [-0.15, -0.1) is 0 Å². The maximum absolute atomic E-state index is 12.5. The molecule has 0 spiro atoms. The molecule has 1 heterocycles. The van der Waals surface area contributed by atoms with Gasteiger partial charge in [0.15, 0.2) is 0 Å². The number of amides is 1. The second-order valence-corrected chi connectivity index (χ2v) is 12.7. The van der Waals surface area contributed by atoms with E-state index in [-0.39, 0.29) is 17.0 Å². The molecule has 1 atom stereocenters. The molecule has 4 nitrogen and oxygen atoms in total. The van der Waals surface area contributed by atoms with Crippen LogP contribution in [0.4, 0.5) is 0 Å². The van der Waals surface area contributed by atoms with E-state index >= 15 is 0 Å². The molecule has 0 bridgehead atoms. The maximum Gasteiger partial charge on any atom is 0.261 e. The fraction of sp³-hybridized carbons (Fsp3) is 0.435. The molecule has 2 aromatic rings. The minimum absolute atomic E-state index is 0.0846. The first-order valence-corrected chi connectivity index (χ1v) is 11.8. The molecule has 1 aliphatic heterocycles. The van der Waals surface area contributed by atoms with Crippen LogP contribution in [0.25, 0.3) is 0 Å². The van der Waals surface area contributed by atoms with Gasteiger partial charge in [-0.2, -0.15) is 0 Å². The number of methoxy groups -OCH3 is 1. The summed E-state index contributed by atoms with van der Waals surface area (Å²) in [5, 5.41) is 2.41. The summed E-state index contributed by atoms with van der Waals surface area (Å²) >= 11 is 0. The zero-order chi connectivity index (χ0) is 20.2. The molecule has 1 fully saturated rings. The van der Waals surface area contributed by atoms with Gasteiger partial charge in [0, 0.05) is 20.2 Å². The molecular formula is C23H31NO3Si. The third-order valence-electron chi connectivity index (χ3n) is 5.50. The Balaban J connectivity index is 2.01. The molecule has 0 saturated carbocycles. The van der Waals surface area contributed by atoms with Gasteiger partial charge in [-0.05, 0) is 15.4 Å². The topological polar surface area (TPSA) is 38.8 Å². The molecule has 0 aliphatic carbocycles. The molecule has 1 aliphatic rings. The smallest absolute Gasteiger partial charge is 0.261 e. The number of rotatable bonds is 7. The Labute approximate surface area is 169 Å². The molecule has 0 aromatic heterocycles. The number of hydrogen-bond acceptors (Lipinski definition) is 3. The lowest BCUT2D eigenvalue weighted by Gasteiger charge is -2.44. The van der Waals surface area contributed by atoms with Crippen molar-refractivity contribution < 1.29 is 14.0 Å². The minimum Gasteiger partial charge on any atom is -0.402 e. The highest BCUT2D eigenvalue weighted by Gasteiger charge is 2.52. The largest absolute Gasteiger partial charge is 0.402 e. The quantitative estimate of drug-likeness (QED) is 0.675. The summed E-state index contributed by atoms with van der Waals surface area (Å²) in [6.45, 7) is 8.59. The van der Waals surface area contributed by atoms with Crippen molar-refractivity contribution in [3.05, 3.63) is 60.7 Å². The van der Waals surface area contributed by atoms with Crippen LogP contribution < -0.4 is 10.4 Å². The summed E-state index contributed by atoms with van der Waals surface area (Å²) in [5.74, 6) is 0.153. The van der Waals surface area contributed by atoms with E-state index in [9.17, 15) is 4.79 Å². The number of likely N-dealkylation sites (tertiary alicyclic amines) is 1. The molecule has 5 heteroatoms. The fourth-order valence-electron chi connectivity index (χ4n) is 4.17. The third kappa shape index (κ3) is 4.07. The number of nitrogens with zero attached hydrogens (tertiary/aromatic N) is 1. The lowest BCUT2D eigenvalue weighted by Crippen LogP contribution is -2.67. The van der Waals surface area contributed by atoms with Crippen molar-refractivity contribution in [2.45, 2.75) is 38.3 Å². The third-order valence-corrected chi connectivity index (χ3v) is 10.6. The van der Waals surface area contributed by atoms with Crippen LogP contribution in [0, 0.1) is 0 Å². The molecule has 1 saturated heterocycles. The van der Waals surface area contributed by atoms with E-state index in [2.05, 4.69) is 69.3 Å². The normalized spacial score (nSPS) is 17.9. The maximum atomic E-state index is 12.5. The van der Waals surface area contributed by atoms with Crippen molar-refractivity contribution in [1.29, 1.82) is 0 Å². The Morgan fingerprint density at radius 1 is 1.00 bits per heavy atom. The van der Waals surface area contributed by atoms with Crippen LogP contribution in [-0.2, 0) is 14.0 Å². The van der Waals surface area contributed by atoms with Crippen LogP contribution in [0.1, 0.15) is 27.2 Å². The van der Waals surface area contributed by atoms with Gasteiger partial charge in [0.25, 0.3) is 8.32 Å². The summed E-state index contributed by atoms with van der Waals surface area (Å²) in [4.78, 5) is 14.4. The van der Waals surface area contributed by atoms with Crippen LogP contribution in [0.3, 0.4) is 0 Å². The van der Waals surface area contributed by atoms with Crippen molar-refractivity contribution >= 4 is 24.6 Å². The molecular weight excluding hydrogens is 366 g/mol.